The fourth-order valence-corrected chi connectivity index (χ4v) is 0.835. The van der Waals surface area contributed by atoms with Crippen molar-refractivity contribution in [1.82, 2.24) is 4.90 Å². The van der Waals surface area contributed by atoms with Crippen LogP contribution in [0.1, 0.15) is 13.3 Å². The lowest BCUT2D eigenvalue weighted by atomic mass is 10.3. The van der Waals surface area contributed by atoms with E-state index in [0.29, 0.717) is 6.54 Å². The summed E-state index contributed by atoms with van der Waals surface area (Å²) in [5.74, 6) is -0.0130. The second kappa shape index (κ2) is 5.92. The number of hydrogen-bond acceptors (Lipinski definition) is 2. The molecule has 0 bridgehead atoms. The summed E-state index contributed by atoms with van der Waals surface area (Å²) in [5.41, 5.74) is 5.31. The minimum atomic E-state index is -0.0130. The highest BCUT2D eigenvalue weighted by atomic mass is 16.2. The molecule has 0 radical (unpaired) electrons. The third-order valence-electron chi connectivity index (χ3n) is 1.50. The van der Waals surface area contributed by atoms with E-state index in [1.54, 1.807) is 4.90 Å². The normalized spacial score (nSPS) is 9.27. The van der Waals surface area contributed by atoms with Gasteiger partial charge in [0.25, 0.3) is 0 Å². The summed E-state index contributed by atoms with van der Waals surface area (Å²) in [6.07, 6.45) is 2.19. The first-order valence-corrected chi connectivity index (χ1v) is 3.87. The minimum absolute atomic E-state index is 0.0130. The lowest BCUT2D eigenvalue weighted by Crippen LogP contribution is -2.31. The molecule has 0 heterocycles. The molecule has 0 aliphatic carbocycles. The number of carbonyl (C=O) groups is 1. The Hall–Kier alpha value is -0.830. The lowest BCUT2D eigenvalue weighted by molar-refractivity contribution is -0.125. The van der Waals surface area contributed by atoms with Gasteiger partial charge in [-0.05, 0) is 26.0 Å². The number of amides is 1. The molecule has 1 amide bonds. The van der Waals surface area contributed by atoms with Gasteiger partial charge in [0.1, 0.15) is 0 Å². The predicted molar refractivity (Wildman–Crippen MR) is 46.1 cm³/mol. The standard InChI is InChI=1S/C8H16N2O/c1-3-8(11)10(4-2)7-5-6-9/h3H,1,4-7,9H2,2H3. The molecule has 64 valence electrons. The largest absolute Gasteiger partial charge is 0.339 e. The molecule has 0 aromatic heterocycles. The molecule has 0 fully saturated rings. The number of rotatable bonds is 5. The Morgan fingerprint density at radius 3 is 2.73 bits per heavy atom. The van der Waals surface area contributed by atoms with Crippen molar-refractivity contribution in [3.63, 3.8) is 0 Å². The van der Waals surface area contributed by atoms with E-state index in [9.17, 15) is 4.79 Å². The molecule has 2 N–H and O–H groups in total. The summed E-state index contributed by atoms with van der Waals surface area (Å²) in [6, 6.07) is 0. The molecule has 3 heteroatoms. The quantitative estimate of drug-likeness (QED) is 0.584. The van der Waals surface area contributed by atoms with E-state index in [2.05, 4.69) is 6.58 Å². The van der Waals surface area contributed by atoms with Crippen LogP contribution >= 0.6 is 0 Å². The Kier molecular flexibility index (Phi) is 5.47. The molecule has 0 atom stereocenters. The molecule has 0 aliphatic heterocycles. The number of nitrogens with two attached hydrogens (primary N) is 1. The summed E-state index contributed by atoms with van der Waals surface area (Å²) in [7, 11) is 0. The lowest BCUT2D eigenvalue weighted by Gasteiger charge is -2.17. The van der Waals surface area contributed by atoms with Crippen LogP contribution in [0.5, 0.6) is 0 Å². The van der Waals surface area contributed by atoms with Crippen molar-refractivity contribution in [2.45, 2.75) is 13.3 Å². The van der Waals surface area contributed by atoms with Gasteiger partial charge in [0.2, 0.25) is 5.91 Å². The average molecular weight is 156 g/mol. The Morgan fingerprint density at radius 1 is 1.73 bits per heavy atom. The summed E-state index contributed by atoms with van der Waals surface area (Å²) >= 11 is 0. The third-order valence-corrected chi connectivity index (χ3v) is 1.50. The van der Waals surface area contributed by atoms with E-state index < -0.39 is 0 Å². The average Bonchev–Trinajstić information content (AvgIpc) is 2.05. The van der Waals surface area contributed by atoms with E-state index >= 15 is 0 Å². The number of carbonyl (C=O) groups excluding carboxylic acids is 1. The van der Waals surface area contributed by atoms with Gasteiger partial charge in [-0.1, -0.05) is 6.58 Å². The van der Waals surface area contributed by atoms with Crippen LogP contribution in [-0.4, -0.2) is 30.4 Å². The van der Waals surface area contributed by atoms with Crippen molar-refractivity contribution in [3.8, 4) is 0 Å². The maximum Gasteiger partial charge on any atom is 0.245 e. The first kappa shape index (κ1) is 10.2. The van der Waals surface area contributed by atoms with E-state index in [-0.39, 0.29) is 5.91 Å². The molecule has 0 saturated carbocycles. The fourth-order valence-electron chi connectivity index (χ4n) is 0.835. The van der Waals surface area contributed by atoms with E-state index in [4.69, 9.17) is 5.73 Å². The Bertz CT molecular complexity index is 134. The zero-order chi connectivity index (χ0) is 8.69. The maximum absolute atomic E-state index is 11.0. The second-order valence-corrected chi connectivity index (χ2v) is 2.26. The van der Waals surface area contributed by atoms with Gasteiger partial charge < -0.3 is 10.6 Å². The van der Waals surface area contributed by atoms with Gasteiger partial charge in [0.15, 0.2) is 0 Å². The van der Waals surface area contributed by atoms with Crippen molar-refractivity contribution in [2.75, 3.05) is 19.6 Å². The Balaban J connectivity index is 3.74. The van der Waals surface area contributed by atoms with Gasteiger partial charge in [-0.15, -0.1) is 0 Å². The molecule has 11 heavy (non-hydrogen) atoms. The summed E-state index contributed by atoms with van der Waals surface area (Å²) in [6.45, 7) is 7.44. The minimum Gasteiger partial charge on any atom is -0.339 e. The molecule has 3 nitrogen and oxygen atoms in total. The molecule has 0 aromatic carbocycles. The molecule has 0 saturated heterocycles. The van der Waals surface area contributed by atoms with Crippen molar-refractivity contribution < 1.29 is 4.79 Å². The summed E-state index contributed by atoms with van der Waals surface area (Å²) in [4.78, 5) is 12.7. The van der Waals surface area contributed by atoms with Crippen LogP contribution in [0.15, 0.2) is 12.7 Å². The molecule has 0 unspecified atom stereocenters. The number of hydrogen-bond donors (Lipinski definition) is 1. The van der Waals surface area contributed by atoms with Crippen molar-refractivity contribution in [2.24, 2.45) is 5.73 Å². The third kappa shape index (κ3) is 3.78. The van der Waals surface area contributed by atoms with Crippen LogP contribution in [0.4, 0.5) is 0 Å². The summed E-state index contributed by atoms with van der Waals surface area (Å²) < 4.78 is 0. The van der Waals surface area contributed by atoms with Gasteiger partial charge in [-0.25, -0.2) is 0 Å². The van der Waals surface area contributed by atoms with Gasteiger partial charge in [-0.2, -0.15) is 0 Å². The highest BCUT2D eigenvalue weighted by molar-refractivity contribution is 5.86. The molecular weight excluding hydrogens is 140 g/mol. The van der Waals surface area contributed by atoms with Crippen molar-refractivity contribution in [3.05, 3.63) is 12.7 Å². The van der Waals surface area contributed by atoms with Crippen LogP contribution in [-0.2, 0) is 4.79 Å². The van der Waals surface area contributed by atoms with Crippen LogP contribution in [0.25, 0.3) is 0 Å². The second-order valence-electron chi connectivity index (χ2n) is 2.26. The SMILES string of the molecule is C=CC(=O)N(CC)CCCN. The number of nitrogens with zero attached hydrogens (tertiary/aromatic N) is 1. The summed E-state index contributed by atoms with van der Waals surface area (Å²) in [5, 5.41) is 0. The molecular formula is C8H16N2O. The smallest absolute Gasteiger partial charge is 0.245 e. The first-order valence-electron chi connectivity index (χ1n) is 3.87. The van der Waals surface area contributed by atoms with Crippen LogP contribution in [0.3, 0.4) is 0 Å². The van der Waals surface area contributed by atoms with Crippen LogP contribution < -0.4 is 5.73 Å². The topological polar surface area (TPSA) is 46.3 Å². The Morgan fingerprint density at radius 2 is 2.36 bits per heavy atom. The molecule has 0 spiro atoms. The van der Waals surface area contributed by atoms with Gasteiger partial charge in [0.05, 0.1) is 0 Å². The highest BCUT2D eigenvalue weighted by Gasteiger charge is 2.04. The highest BCUT2D eigenvalue weighted by Crippen LogP contribution is 1.91. The number of likely N-dealkylation sites (N-methyl/N-ethyl adjacent to an activating group) is 1. The molecule has 0 rings (SSSR count). The van der Waals surface area contributed by atoms with Crippen LogP contribution in [0.2, 0.25) is 0 Å². The fraction of sp³-hybridized carbons (Fsp3) is 0.625. The Labute approximate surface area is 67.9 Å². The van der Waals surface area contributed by atoms with Crippen molar-refractivity contribution >= 4 is 5.91 Å². The van der Waals surface area contributed by atoms with E-state index in [1.807, 2.05) is 6.92 Å². The van der Waals surface area contributed by atoms with Gasteiger partial charge >= 0.3 is 0 Å². The zero-order valence-corrected chi connectivity index (χ0v) is 7.05. The molecule has 0 aromatic rings. The van der Waals surface area contributed by atoms with Crippen LogP contribution in [0, 0.1) is 0 Å². The van der Waals surface area contributed by atoms with E-state index in [0.717, 1.165) is 19.5 Å². The predicted octanol–water partition coefficient (Wildman–Crippen LogP) is 0.370. The maximum atomic E-state index is 11.0. The van der Waals surface area contributed by atoms with Crippen molar-refractivity contribution in [1.29, 1.82) is 0 Å². The monoisotopic (exact) mass is 156 g/mol. The van der Waals surface area contributed by atoms with E-state index in [1.165, 1.54) is 6.08 Å². The first-order chi connectivity index (χ1) is 5.26. The zero-order valence-electron chi connectivity index (χ0n) is 7.05. The van der Waals surface area contributed by atoms with Gasteiger partial charge in [-0.3, -0.25) is 4.79 Å². The van der Waals surface area contributed by atoms with Gasteiger partial charge in [0, 0.05) is 13.1 Å². The molecule has 0 aliphatic rings.